The molecule has 0 unspecified atom stereocenters. The van der Waals surface area contributed by atoms with Crippen molar-refractivity contribution < 1.29 is 4.79 Å². The van der Waals surface area contributed by atoms with Gasteiger partial charge in [0.25, 0.3) is 0 Å². The zero-order chi connectivity index (χ0) is 17.2. The Kier molecular flexibility index (Phi) is 4.26. The number of piperidine rings is 1. The van der Waals surface area contributed by atoms with Crippen LogP contribution in [0, 0.1) is 12.8 Å². The maximum atomic E-state index is 12.7. The molecule has 0 saturated carbocycles. The summed E-state index contributed by atoms with van der Waals surface area (Å²) in [6, 6.07) is 7.95. The largest absolute Gasteiger partial charge is 0.341 e. The number of fused-ring (bicyclic) bond motifs is 1. The second-order valence-electron chi connectivity index (χ2n) is 6.86. The van der Waals surface area contributed by atoms with Gasteiger partial charge in [0, 0.05) is 43.6 Å². The Morgan fingerprint density at radius 1 is 1.32 bits per heavy atom. The predicted molar refractivity (Wildman–Crippen MR) is 96.0 cm³/mol. The van der Waals surface area contributed by atoms with E-state index >= 15 is 0 Å². The van der Waals surface area contributed by atoms with Crippen LogP contribution in [0.3, 0.4) is 0 Å². The molecule has 2 aromatic heterocycles. The Morgan fingerprint density at radius 3 is 3.00 bits per heavy atom. The van der Waals surface area contributed by atoms with Crippen molar-refractivity contribution in [2.75, 3.05) is 13.1 Å². The van der Waals surface area contributed by atoms with Crippen molar-refractivity contribution in [1.82, 2.24) is 24.2 Å². The van der Waals surface area contributed by atoms with E-state index in [9.17, 15) is 4.79 Å². The number of carbonyl (C=O) groups excluding carboxylic acids is 1. The maximum absolute atomic E-state index is 12.7. The first-order valence-electron chi connectivity index (χ1n) is 8.87. The molecular formula is C19H23N5O. The number of benzene rings is 1. The first-order chi connectivity index (χ1) is 12.2. The van der Waals surface area contributed by atoms with Gasteiger partial charge in [0.15, 0.2) is 0 Å². The molecule has 130 valence electrons. The van der Waals surface area contributed by atoms with Crippen molar-refractivity contribution in [3.63, 3.8) is 0 Å². The number of amides is 1. The van der Waals surface area contributed by atoms with Gasteiger partial charge in [-0.1, -0.05) is 18.2 Å². The molecule has 25 heavy (non-hydrogen) atoms. The third-order valence-corrected chi connectivity index (χ3v) is 5.01. The minimum Gasteiger partial charge on any atom is -0.341 e. The van der Waals surface area contributed by atoms with E-state index in [0.717, 1.165) is 49.2 Å². The van der Waals surface area contributed by atoms with Crippen LogP contribution in [0.25, 0.3) is 10.9 Å². The Morgan fingerprint density at radius 2 is 2.20 bits per heavy atom. The molecule has 1 aliphatic rings. The lowest BCUT2D eigenvalue weighted by atomic mass is 9.98. The molecule has 3 heterocycles. The van der Waals surface area contributed by atoms with Crippen molar-refractivity contribution in [3.05, 3.63) is 48.7 Å². The number of rotatable bonds is 4. The third-order valence-electron chi connectivity index (χ3n) is 5.01. The van der Waals surface area contributed by atoms with E-state index in [1.807, 2.05) is 54.7 Å². The number of imidazole rings is 1. The van der Waals surface area contributed by atoms with Gasteiger partial charge in [0.05, 0.1) is 5.52 Å². The fraction of sp³-hybridized carbons (Fsp3) is 0.421. The van der Waals surface area contributed by atoms with Crippen LogP contribution in [0.4, 0.5) is 0 Å². The van der Waals surface area contributed by atoms with Crippen molar-refractivity contribution >= 4 is 16.8 Å². The van der Waals surface area contributed by atoms with Gasteiger partial charge in [-0.2, -0.15) is 5.10 Å². The third kappa shape index (κ3) is 3.43. The lowest BCUT2D eigenvalue weighted by Gasteiger charge is -2.33. The molecule has 0 aliphatic carbocycles. The van der Waals surface area contributed by atoms with E-state index in [1.54, 1.807) is 4.68 Å². The topological polar surface area (TPSA) is 56.0 Å². The molecule has 1 amide bonds. The molecule has 1 saturated heterocycles. The van der Waals surface area contributed by atoms with Gasteiger partial charge in [-0.15, -0.1) is 0 Å². The average molecular weight is 337 g/mol. The standard InChI is InChI=1S/C19H23N5O/c1-15-20-8-10-22(15)11-16-5-4-9-23(12-16)19(25)14-24-13-17-6-2-3-7-18(17)21-24/h2-3,6-8,10,13,16H,4-5,9,11-12,14H2,1H3/t16-/m1/s1. The van der Waals surface area contributed by atoms with Crippen molar-refractivity contribution in [2.24, 2.45) is 5.92 Å². The van der Waals surface area contributed by atoms with Gasteiger partial charge in [-0.3, -0.25) is 9.48 Å². The fourth-order valence-corrected chi connectivity index (χ4v) is 3.65. The molecule has 0 N–H and O–H groups in total. The molecule has 1 aromatic carbocycles. The summed E-state index contributed by atoms with van der Waals surface area (Å²) < 4.78 is 3.94. The van der Waals surface area contributed by atoms with Gasteiger partial charge in [0.2, 0.25) is 5.91 Å². The summed E-state index contributed by atoms with van der Waals surface area (Å²) in [6.45, 7) is 4.93. The lowest BCUT2D eigenvalue weighted by molar-refractivity contribution is -0.133. The normalized spacial score (nSPS) is 18.0. The van der Waals surface area contributed by atoms with Gasteiger partial charge in [0.1, 0.15) is 12.4 Å². The second-order valence-corrected chi connectivity index (χ2v) is 6.86. The molecule has 1 fully saturated rings. The second kappa shape index (κ2) is 6.70. The van der Waals surface area contributed by atoms with E-state index in [2.05, 4.69) is 14.6 Å². The zero-order valence-electron chi connectivity index (χ0n) is 14.5. The van der Waals surface area contributed by atoms with Crippen molar-refractivity contribution in [1.29, 1.82) is 0 Å². The highest BCUT2D eigenvalue weighted by molar-refractivity contribution is 5.79. The molecular weight excluding hydrogens is 314 g/mol. The first-order valence-corrected chi connectivity index (χ1v) is 8.87. The van der Waals surface area contributed by atoms with E-state index < -0.39 is 0 Å². The quantitative estimate of drug-likeness (QED) is 0.735. The van der Waals surface area contributed by atoms with Gasteiger partial charge in [-0.05, 0) is 31.7 Å². The highest BCUT2D eigenvalue weighted by Crippen LogP contribution is 2.19. The highest BCUT2D eigenvalue weighted by Gasteiger charge is 2.24. The van der Waals surface area contributed by atoms with Crippen LogP contribution in [0.5, 0.6) is 0 Å². The molecule has 3 aromatic rings. The van der Waals surface area contributed by atoms with E-state index in [-0.39, 0.29) is 5.91 Å². The number of nitrogens with zero attached hydrogens (tertiary/aromatic N) is 5. The van der Waals surface area contributed by atoms with Crippen molar-refractivity contribution in [3.8, 4) is 0 Å². The number of hydrogen-bond donors (Lipinski definition) is 0. The number of aryl methyl sites for hydroxylation is 1. The predicted octanol–water partition coefficient (Wildman–Crippen LogP) is 2.48. The zero-order valence-corrected chi connectivity index (χ0v) is 14.5. The molecule has 4 rings (SSSR count). The van der Waals surface area contributed by atoms with Crippen LogP contribution >= 0.6 is 0 Å². The van der Waals surface area contributed by atoms with Crippen molar-refractivity contribution in [2.45, 2.75) is 32.9 Å². The van der Waals surface area contributed by atoms with Crippen LogP contribution in [0.1, 0.15) is 18.7 Å². The minimum absolute atomic E-state index is 0.153. The fourth-order valence-electron chi connectivity index (χ4n) is 3.65. The maximum Gasteiger partial charge on any atom is 0.244 e. The Balaban J connectivity index is 1.40. The summed E-state index contributed by atoms with van der Waals surface area (Å²) in [4.78, 5) is 19.0. The molecule has 1 atom stereocenters. The van der Waals surface area contributed by atoms with Gasteiger partial charge >= 0.3 is 0 Å². The summed E-state index contributed by atoms with van der Waals surface area (Å²) in [7, 11) is 0. The van der Waals surface area contributed by atoms with Gasteiger partial charge in [-0.25, -0.2) is 4.98 Å². The molecule has 6 nitrogen and oxygen atoms in total. The Labute approximate surface area is 147 Å². The Bertz CT molecular complexity index is 848. The summed E-state index contributed by atoms with van der Waals surface area (Å²) in [6.07, 6.45) is 8.02. The number of likely N-dealkylation sites (tertiary alicyclic amines) is 1. The smallest absolute Gasteiger partial charge is 0.244 e. The van der Waals surface area contributed by atoms with Crippen LogP contribution < -0.4 is 0 Å². The number of carbonyl (C=O) groups is 1. The average Bonchev–Trinajstić information content (AvgIpc) is 3.21. The first kappa shape index (κ1) is 15.9. The van der Waals surface area contributed by atoms with Crippen LogP contribution in [0.15, 0.2) is 42.9 Å². The van der Waals surface area contributed by atoms with Gasteiger partial charge < -0.3 is 9.47 Å². The van der Waals surface area contributed by atoms with E-state index in [1.165, 1.54) is 0 Å². The molecule has 0 spiro atoms. The Hall–Kier alpha value is -2.63. The van der Waals surface area contributed by atoms with E-state index in [0.29, 0.717) is 12.5 Å². The number of aromatic nitrogens is 4. The van der Waals surface area contributed by atoms with Crippen LogP contribution in [-0.4, -0.2) is 43.2 Å². The summed E-state index contributed by atoms with van der Waals surface area (Å²) in [5, 5.41) is 5.57. The number of hydrogen-bond acceptors (Lipinski definition) is 3. The highest BCUT2D eigenvalue weighted by atomic mass is 16.2. The monoisotopic (exact) mass is 337 g/mol. The molecule has 6 heteroatoms. The molecule has 0 bridgehead atoms. The SMILES string of the molecule is Cc1nccn1C[C@H]1CCCN(C(=O)Cn2cc3ccccc3n2)C1. The van der Waals surface area contributed by atoms with Crippen LogP contribution in [-0.2, 0) is 17.9 Å². The summed E-state index contributed by atoms with van der Waals surface area (Å²) >= 11 is 0. The minimum atomic E-state index is 0.153. The molecule has 0 radical (unpaired) electrons. The molecule has 1 aliphatic heterocycles. The van der Waals surface area contributed by atoms with E-state index in [4.69, 9.17) is 0 Å². The summed E-state index contributed by atoms with van der Waals surface area (Å²) in [5.74, 6) is 1.67. The van der Waals surface area contributed by atoms with Crippen LogP contribution in [0.2, 0.25) is 0 Å². The lowest BCUT2D eigenvalue weighted by Crippen LogP contribution is -2.42. The summed E-state index contributed by atoms with van der Waals surface area (Å²) in [5.41, 5.74) is 0.933.